The lowest BCUT2D eigenvalue weighted by atomic mass is 10.1. The van der Waals surface area contributed by atoms with Gasteiger partial charge in [0.1, 0.15) is 0 Å². The molecule has 0 radical (unpaired) electrons. The summed E-state index contributed by atoms with van der Waals surface area (Å²) < 4.78 is 0. The fourth-order valence-corrected chi connectivity index (χ4v) is 2.33. The summed E-state index contributed by atoms with van der Waals surface area (Å²) in [5.74, 6) is 0. The average molecular weight is 305 g/mol. The minimum Gasteiger partial charge on any atom is -0.306 e. The van der Waals surface area contributed by atoms with E-state index in [4.69, 9.17) is 11.6 Å². The third-order valence-corrected chi connectivity index (χ3v) is 3.67. The SMILES string of the molecule is Cc1ccc(CNC(C)c2cccc(Cl)c2)cc1[N+](=O)[O-]. The zero-order valence-electron chi connectivity index (χ0n) is 12.0. The van der Waals surface area contributed by atoms with Gasteiger partial charge in [-0.3, -0.25) is 10.1 Å². The van der Waals surface area contributed by atoms with Crippen molar-refractivity contribution in [2.75, 3.05) is 0 Å². The molecule has 0 heterocycles. The molecule has 4 nitrogen and oxygen atoms in total. The average Bonchev–Trinajstić information content (AvgIpc) is 2.45. The molecule has 1 unspecified atom stereocenters. The zero-order chi connectivity index (χ0) is 15.4. The van der Waals surface area contributed by atoms with Crippen LogP contribution in [0.4, 0.5) is 5.69 Å². The molecule has 2 aromatic rings. The van der Waals surface area contributed by atoms with Gasteiger partial charge < -0.3 is 5.32 Å². The van der Waals surface area contributed by atoms with Crippen LogP contribution in [0.25, 0.3) is 0 Å². The van der Waals surface area contributed by atoms with E-state index in [0.717, 1.165) is 11.1 Å². The van der Waals surface area contributed by atoms with Crippen molar-refractivity contribution >= 4 is 17.3 Å². The predicted octanol–water partition coefficient (Wildman–Crippen LogP) is 4.41. The number of aryl methyl sites for hydroxylation is 1. The second-order valence-electron chi connectivity index (χ2n) is 5.04. The van der Waals surface area contributed by atoms with E-state index in [9.17, 15) is 10.1 Å². The number of nitro benzene ring substituents is 1. The number of hydrogen-bond donors (Lipinski definition) is 1. The third kappa shape index (κ3) is 4.03. The molecule has 110 valence electrons. The van der Waals surface area contributed by atoms with Gasteiger partial charge in [-0.25, -0.2) is 0 Å². The Hall–Kier alpha value is -1.91. The summed E-state index contributed by atoms with van der Waals surface area (Å²) in [5.41, 5.74) is 2.81. The lowest BCUT2D eigenvalue weighted by Crippen LogP contribution is -2.18. The molecule has 0 aromatic heterocycles. The first-order valence-electron chi connectivity index (χ1n) is 6.70. The van der Waals surface area contributed by atoms with Crippen molar-refractivity contribution in [3.05, 3.63) is 74.3 Å². The number of nitro groups is 1. The number of benzene rings is 2. The topological polar surface area (TPSA) is 55.2 Å². The quantitative estimate of drug-likeness (QED) is 0.657. The van der Waals surface area contributed by atoms with Crippen LogP contribution in [0.3, 0.4) is 0 Å². The third-order valence-electron chi connectivity index (χ3n) is 3.43. The van der Waals surface area contributed by atoms with E-state index in [1.807, 2.05) is 37.3 Å². The number of nitrogens with one attached hydrogen (secondary N) is 1. The maximum Gasteiger partial charge on any atom is 0.272 e. The van der Waals surface area contributed by atoms with Crippen LogP contribution in [0.2, 0.25) is 5.02 Å². The Morgan fingerprint density at radius 2 is 2.05 bits per heavy atom. The van der Waals surface area contributed by atoms with Gasteiger partial charge in [-0.2, -0.15) is 0 Å². The highest BCUT2D eigenvalue weighted by atomic mass is 35.5. The standard InChI is InChI=1S/C16H17ClN2O2/c1-11-6-7-13(8-16(11)19(20)21)10-18-12(2)14-4-3-5-15(17)9-14/h3-9,12,18H,10H2,1-2H3. The second kappa shape index (κ2) is 6.70. The summed E-state index contributed by atoms with van der Waals surface area (Å²) in [5, 5.41) is 15.0. The van der Waals surface area contributed by atoms with Crippen molar-refractivity contribution in [1.29, 1.82) is 0 Å². The summed E-state index contributed by atoms with van der Waals surface area (Å²) in [7, 11) is 0. The van der Waals surface area contributed by atoms with Crippen LogP contribution in [-0.4, -0.2) is 4.92 Å². The second-order valence-corrected chi connectivity index (χ2v) is 5.47. The van der Waals surface area contributed by atoms with E-state index in [-0.39, 0.29) is 16.7 Å². The molecule has 1 N–H and O–H groups in total. The molecular weight excluding hydrogens is 288 g/mol. The van der Waals surface area contributed by atoms with Gasteiger partial charge in [-0.1, -0.05) is 35.9 Å². The Balaban J connectivity index is 2.06. The van der Waals surface area contributed by atoms with E-state index >= 15 is 0 Å². The Kier molecular flexibility index (Phi) is 4.94. The van der Waals surface area contributed by atoms with Crippen LogP contribution in [0, 0.1) is 17.0 Å². The highest BCUT2D eigenvalue weighted by molar-refractivity contribution is 6.30. The molecule has 0 fully saturated rings. The summed E-state index contributed by atoms with van der Waals surface area (Å²) in [6, 6.07) is 13.1. The van der Waals surface area contributed by atoms with Crippen LogP contribution in [-0.2, 0) is 6.54 Å². The molecule has 0 saturated heterocycles. The Morgan fingerprint density at radius 1 is 1.29 bits per heavy atom. The molecule has 0 aliphatic carbocycles. The van der Waals surface area contributed by atoms with Crippen LogP contribution >= 0.6 is 11.6 Å². The molecule has 0 aliphatic rings. The lowest BCUT2D eigenvalue weighted by molar-refractivity contribution is -0.385. The predicted molar refractivity (Wildman–Crippen MR) is 84.5 cm³/mol. The monoisotopic (exact) mass is 304 g/mol. The summed E-state index contributed by atoms with van der Waals surface area (Å²) in [6.07, 6.45) is 0. The molecule has 0 saturated carbocycles. The summed E-state index contributed by atoms with van der Waals surface area (Å²) in [4.78, 5) is 10.6. The smallest absolute Gasteiger partial charge is 0.272 e. The first-order valence-corrected chi connectivity index (χ1v) is 7.08. The molecule has 0 spiro atoms. The molecule has 2 aromatic carbocycles. The lowest BCUT2D eigenvalue weighted by Gasteiger charge is -2.14. The fourth-order valence-electron chi connectivity index (χ4n) is 2.13. The number of hydrogen-bond acceptors (Lipinski definition) is 3. The molecule has 5 heteroatoms. The van der Waals surface area contributed by atoms with Gasteiger partial charge >= 0.3 is 0 Å². The van der Waals surface area contributed by atoms with Crippen LogP contribution in [0.5, 0.6) is 0 Å². The summed E-state index contributed by atoms with van der Waals surface area (Å²) in [6.45, 7) is 4.34. The molecule has 21 heavy (non-hydrogen) atoms. The van der Waals surface area contributed by atoms with Gasteiger partial charge in [0.2, 0.25) is 0 Å². The van der Waals surface area contributed by atoms with Crippen LogP contribution in [0.1, 0.15) is 29.7 Å². The number of rotatable bonds is 5. The highest BCUT2D eigenvalue weighted by Gasteiger charge is 2.11. The molecular formula is C16H17ClN2O2. The Morgan fingerprint density at radius 3 is 2.71 bits per heavy atom. The van der Waals surface area contributed by atoms with Crippen molar-refractivity contribution < 1.29 is 4.92 Å². The fraction of sp³-hybridized carbons (Fsp3) is 0.250. The zero-order valence-corrected chi connectivity index (χ0v) is 12.7. The van der Waals surface area contributed by atoms with Gasteiger partial charge in [-0.05, 0) is 37.1 Å². The van der Waals surface area contributed by atoms with Gasteiger partial charge in [-0.15, -0.1) is 0 Å². The van der Waals surface area contributed by atoms with E-state index in [0.29, 0.717) is 17.1 Å². The Labute approximate surface area is 128 Å². The van der Waals surface area contributed by atoms with Crippen molar-refractivity contribution in [2.24, 2.45) is 0 Å². The van der Waals surface area contributed by atoms with Crippen molar-refractivity contribution in [1.82, 2.24) is 5.32 Å². The molecule has 0 aliphatic heterocycles. The van der Waals surface area contributed by atoms with Gasteiger partial charge in [0.25, 0.3) is 5.69 Å². The first-order chi connectivity index (χ1) is 9.97. The van der Waals surface area contributed by atoms with Crippen molar-refractivity contribution in [3.63, 3.8) is 0 Å². The molecule has 0 bridgehead atoms. The van der Waals surface area contributed by atoms with E-state index in [2.05, 4.69) is 5.32 Å². The highest BCUT2D eigenvalue weighted by Crippen LogP contribution is 2.21. The van der Waals surface area contributed by atoms with Crippen molar-refractivity contribution in [2.45, 2.75) is 26.4 Å². The minimum absolute atomic E-state index is 0.115. The van der Waals surface area contributed by atoms with E-state index in [1.165, 1.54) is 0 Å². The van der Waals surface area contributed by atoms with Gasteiger partial charge in [0.15, 0.2) is 0 Å². The molecule has 2 rings (SSSR count). The van der Waals surface area contributed by atoms with E-state index < -0.39 is 0 Å². The van der Waals surface area contributed by atoms with Gasteiger partial charge in [0, 0.05) is 29.2 Å². The largest absolute Gasteiger partial charge is 0.306 e. The minimum atomic E-state index is -0.348. The van der Waals surface area contributed by atoms with Crippen LogP contribution < -0.4 is 5.32 Å². The van der Waals surface area contributed by atoms with Gasteiger partial charge in [0.05, 0.1) is 4.92 Å². The first kappa shape index (κ1) is 15.5. The normalized spacial score (nSPS) is 12.1. The molecule has 0 amide bonds. The Bertz CT molecular complexity index is 658. The maximum absolute atomic E-state index is 10.9. The summed E-state index contributed by atoms with van der Waals surface area (Å²) >= 11 is 5.98. The number of nitrogens with zero attached hydrogens (tertiary/aromatic N) is 1. The maximum atomic E-state index is 10.9. The van der Waals surface area contributed by atoms with E-state index in [1.54, 1.807) is 19.1 Å². The van der Waals surface area contributed by atoms with Crippen molar-refractivity contribution in [3.8, 4) is 0 Å². The number of halogens is 1. The van der Waals surface area contributed by atoms with Crippen LogP contribution in [0.15, 0.2) is 42.5 Å². The molecule has 1 atom stereocenters.